The summed E-state index contributed by atoms with van der Waals surface area (Å²) in [6, 6.07) is 3.38. The van der Waals surface area contributed by atoms with E-state index in [2.05, 4.69) is 41.5 Å². The Hall–Kier alpha value is 0.771. The van der Waals surface area contributed by atoms with E-state index in [0.717, 1.165) is 18.1 Å². The average Bonchev–Trinajstić information content (AvgIpc) is 2.30. The minimum atomic E-state index is -3.90. The Morgan fingerprint density at radius 3 is 0.963 bits per heavy atom. The third-order valence-corrected chi connectivity index (χ3v) is 15.9. The first-order valence-electron chi connectivity index (χ1n) is 10.9. The van der Waals surface area contributed by atoms with E-state index in [1.165, 1.54) is 0 Å². The molecule has 0 fully saturated rings. The quantitative estimate of drug-likeness (QED) is 0.272. The van der Waals surface area contributed by atoms with Crippen LogP contribution in [0, 0.1) is 17.8 Å². The van der Waals surface area contributed by atoms with Crippen LogP contribution in [0.3, 0.4) is 0 Å². The van der Waals surface area contributed by atoms with Crippen molar-refractivity contribution in [3.63, 3.8) is 0 Å². The molecular formula is C21H48O4SiTi. The van der Waals surface area contributed by atoms with Crippen molar-refractivity contribution in [1.82, 2.24) is 0 Å². The van der Waals surface area contributed by atoms with Gasteiger partial charge in [0.15, 0.2) is 0 Å². The van der Waals surface area contributed by atoms with Gasteiger partial charge in [-0.25, -0.2) is 0 Å². The Bertz CT molecular complexity index is 309. The molecule has 0 aromatic carbocycles. The number of hydrogen-bond acceptors (Lipinski definition) is 4. The molecule has 0 aliphatic rings. The summed E-state index contributed by atoms with van der Waals surface area (Å²) in [7, 11) is -2.11. The molecule has 0 aliphatic carbocycles. The zero-order valence-electron chi connectivity index (χ0n) is 20.2. The van der Waals surface area contributed by atoms with Gasteiger partial charge in [-0.05, 0) is 0 Å². The summed E-state index contributed by atoms with van der Waals surface area (Å²) in [6.07, 6.45) is 0.0593. The normalized spacial score (nSPS) is 14.0. The van der Waals surface area contributed by atoms with E-state index in [1.54, 1.807) is 0 Å². The van der Waals surface area contributed by atoms with Gasteiger partial charge in [-0.1, -0.05) is 0 Å². The molecule has 0 aromatic heterocycles. The molecule has 0 radical (unpaired) electrons. The van der Waals surface area contributed by atoms with Crippen LogP contribution >= 0.6 is 0 Å². The molecular weight excluding hydrogens is 392 g/mol. The molecule has 0 bridgehead atoms. The summed E-state index contributed by atoms with van der Waals surface area (Å²) in [5.74, 6) is 1.77. The zero-order chi connectivity index (χ0) is 21.4. The number of rotatable bonds is 14. The molecule has 0 spiro atoms. The zero-order valence-corrected chi connectivity index (χ0v) is 22.8. The second-order valence-electron chi connectivity index (χ2n) is 10.1. The van der Waals surface area contributed by atoms with E-state index in [4.69, 9.17) is 13.0 Å². The number of hydrogen-bond donors (Lipinski definition) is 0. The third-order valence-electron chi connectivity index (χ3n) is 3.82. The van der Waals surface area contributed by atoms with Crippen LogP contribution in [-0.2, 0) is 31.1 Å². The Morgan fingerprint density at radius 1 is 0.519 bits per heavy atom. The predicted octanol–water partition coefficient (Wildman–Crippen LogP) is 7.01. The van der Waals surface area contributed by atoms with Crippen molar-refractivity contribution >= 4 is 8.32 Å². The van der Waals surface area contributed by atoms with E-state index >= 15 is 0 Å². The van der Waals surface area contributed by atoms with Crippen LogP contribution < -0.4 is 0 Å². The first-order valence-corrected chi connectivity index (χ1v) is 16.0. The molecule has 0 aromatic rings. The van der Waals surface area contributed by atoms with Crippen molar-refractivity contribution in [3.05, 3.63) is 0 Å². The molecule has 0 amide bonds. The van der Waals surface area contributed by atoms with Crippen LogP contribution in [0.25, 0.3) is 0 Å². The predicted molar refractivity (Wildman–Crippen MR) is 114 cm³/mol. The monoisotopic (exact) mass is 440 g/mol. The van der Waals surface area contributed by atoms with Crippen LogP contribution in [0.15, 0.2) is 0 Å². The molecule has 0 atom stereocenters. The second kappa shape index (κ2) is 12.5. The summed E-state index contributed by atoms with van der Waals surface area (Å²) >= 11 is -3.90. The van der Waals surface area contributed by atoms with Gasteiger partial charge in [-0.3, -0.25) is 0 Å². The molecule has 0 saturated heterocycles. The van der Waals surface area contributed by atoms with Crippen molar-refractivity contribution in [2.24, 2.45) is 17.8 Å². The molecule has 0 saturated carbocycles. The van der Waals surface area contributed by atoms with E-state index in [0.29, 0.717) is 17.8 Å². The molecule has 0 unspecified atom stereocenters. The molecule has 27 heavy (non-hydrogen) atoms. The minimum absolute atomic E-state index is 0.0198. The Labute approximate surface area is 176 Å². The maximum atomic E-state index is 7.15. The molecule has 4 nitrogen and oxygen atoms in total. The van der Waals surface area contributed by atoms with Gasteiger partial charge in [0, 0.05) is 0 Å². The Morgan fingerprint density at radius 2 is 0.778 bits per heavy atom. The molecule has 0 heterocycles. The van der Waals surface area contributed by atoms with E-state index in [9.17, 15) is 0 Å². The van der Waals surface area contributed by atoms with Crippen LogP contribution in [0.1, 0.15) is 83.1 Å². The average molecular weight is 441 g/mol. The van der Waals surface area contributed by atoms with Gasteiger partial charge in [0.25, 0.3) is 0 Å². The Kier molecular flexibility index (Phi) is 12.8. The van der Waals surface area contributed by atoms with Crippen LogP contribution in [0.4, 0.5) is 0 Å². The van der Waals surface area contributed by atoms with Crippen molar-refractivity contribution < 1.29 is 31.1 Å². The molecule has 6 heteroatoms. The Balaban J connectivity index is 6.14. The first kappa shape index (κ1) is 27.8. The first-order chi connectivity index (χ1) is 12.2. The topological polar surface area (TPSA) is 36.9 Å². The van der Waals surface area contributed by atoms with Crippen molar-refractivity contribution in [2.75, 3.05) is 0 Å². The fourth-order valence-corrected chi connectivity index (χ4v) is 17.1. The summed E-state index contributed by atoms with van der Waals surface area (Å²) in [6.45, 7) is 26.1. The van der Waals surface area contributed by atoms with E-state index in [-0.39, 0.29) is 18.3 Å². The van der Waals surface area contributed by atoms with Crippen molar-refractivity contribution in [2.45, 2.75) is 120 Å². The van der Waals surface area contributed by atoms with Crippen LogP contribution in [-0.4, -0.2) is 26.6 Å². The van der Waals surface area contributed by atoms with Crippen molar-refractivity contribution in [3.8, 4) is 0 Å². The molecule has 0 aliphatic heterocycles. The molecule has 0 rings (SSSR count). The van der Waals surface area contributed by atoms with Crippen LogP contribution in [0.5, 0.6) is 0 Å². The van der Waals surface area contributed by atoms with Gasteiger partial charge in [0.2, 0.25) is 0 Å². The summed E-state index contributed by atoms with van der Waals surface area (Å²) < 4.78 is 26.4. The van der Waals surface area contributed by atoms with Gasteiger partial charge in [0.05, 0.1) is 0 Å². The fourth-order valence-electron chi connectivity index (χ4n) is 3.89. The summed E-state index contributed by atoms with van der Waals surface area (Å²) in [5, 5.41) is 0. The summed E-state index contributed by atoms with van der Waals surface area (Å²) in [4.78, 5) is 0. The van der Waals surface area contributed by atoms with Gasteiger partial charge < -0.3 is 0 Å². The maximum absolute atomic E-state index is 7.15. The summed E-state index contributed by atoms with van der Waals surface area (Å²) in [5.41, 5.74) is 0. The van der Waals surface area contributed by atoms with Gasteiger partial charge in [-0.2, -0.15) is 0 Å². The van der Waals surface area contributed by atoms with Crippen LogP contribution in [0.2, 0.25) is 18.1 Å². The van der Waals surface area contributed by atoms with Gasteiger partial charge in [-0.15, -0.1) is 0 Å². The van der Waals surface area contributed by atoms with Gasteiger partial charge in [0.1, 0.15) is 0 Å². The van der Waals surface area contributed by atoms with E-state index < -0.39 is 26.5 Å². The standard InChI is InChI=1S/C12H27OSi.3C3H7O.Ti/c1-10(2)7-14(13,8-11(3)4)9-12(5)6;3*1-3(2)4;/h10-12H,7-9H2,1-6H3;3*3H,1-2H3;/q4*-1;+4. The SMILES string of the molecule is CC(C)C[Si](CC(C)C)(CC(C)C)[O][Ti]([O]C(C)C)([O]C(C)C)[O]C(C)C. The molecule has 0 N–H and O–H groups in total. The van der Waals surface area contributed by atoms with Gasteiger partial charge >= 0.3 is 177 Å². The van der Waals surface area contributed by atoms with E-state index in [1.807, 2.05) is 41.5 Å². The van der Waals surface area contributed by atoms with Crippen molar-refractivity contribution in [1.29, 1.82) is 0 Å². The third kappa shape index (κ3) is 12.1. The fraction of sp³-hybridized carbons (Fsp3) is 1.00. The second-order valence-corrected chi connectivity index (χ2v) is 17.5. The molecule has 164 valence electrons.